The molecule has 0 radical (unpaired) electrons. The number of nitrogens with zero attached hydrogens (tertiary/aromatic N) is 18. The molecule has 40 nitrogen and oxygen atoms in total. The minimum absolute atomic E-state index is 0. The maximum atomic E-state index is 12.7. The molecule has 11 rings (SSSR count). The molecule has 514 valence electrons. The summed E-state index contributed by atoms with van der Waals surface area (Å²) in [5.74, 6) is -0.385. The number of halogens is 8. The van der Waals surface area contributed by atoms with E-state index in [0.717, 1.165) is 48.5 Å². The van der Waals surface area contributed by atoms with Crippen LogP contribution in [0.5, 0.6) is 0 Å². The topological polar surface area (TPSA) is 607 Å². The molecule has 6 heterocycles. The zero-order valence-electron chi connectivity index (χ0n) is 51.8. The molecule has 0 amide bonds. The molecule has 0 fully saturated rings. The Labute approximate surface area is 707 Å². The van der Waals surface area contributed by atoms with Gasteiger partial charge in [-0.2, -0.15) is 49.8 Å². The molecule has 10 N–H and O–H groups in total. The van der Waals surface area contributed by atoms with Crippen LogP contribution in [0.3, 0.4) is 0 Å². The van der Waals surface area contributed by atoms with Crippen LogP contribution in [0.15, 0.2) is 157 Å². The van der Waals surface area contributed by atoms with Gasteiger partial charge in [0, 0.05) is 11.4 Å². The van der Waals surface area contributed by atoms with Crippen molar-refractivity contribution in [2.24, 2.45) is 39.9 Å². The third-order valence-electron chi connectivity index (χ3n) is 11.9. The van der Waals surface area contributed by atoms with Gasteiger partial charge in [-0.1, -0.05) is 0 Å². The van der Waals surface area contributed by atoms with Crippen molar-refractivity contribution in [3.05, 3.63) is 184 Å². The van der Waals surface area contributed by atoms with Crippen molar-refractivity contribution in [1.82, 2.24) is 89.7 Å². The summed E-state index contributed by atoms with van der Waals surface area (Å²) in [7, 11) is -21.3. The molecular weight excluding hydrogens is 1660 g/mol. The van der Waals surface area contributed by atoms with Crippen LogP contribution in [0.2, 0.25) is 42.3 Å². The Morgan fingerprint density at radius 1 is 0.288 bits per heavy atom. The number of hydrogen-bond acceptors (Lipinski definition) is 32. The number of aromatic amines is 8. The average Bonchev–Trinajstić information content (AvgIpc) is 0.825. The van der Waals surface area contributed by atoms with E-state index in [0.29, 0.717) is 0 Å². The maximum Gasteiger partial charge on any atom is 1.00 e. The van der Waals surface area contributed by atoms with Crippen molar-refractivity contribution in [3.63, 3.8) is 0 Å². The summed E-state index contributed by atoms with van der Waals surface area (Å²) in [5.41, 5.74) is -4.70. The first kappa shape index (κ1) is 85.4. The number of anilines is 4. The van der Waals surface area contributed by atoms with Gasteiger partial charge in [-0.3, -0.25) is 39.9 Å². The van der Waals surface area contributed by atoms with E-state index in [4.69, 9.17) is 92.8 Å². The fraction of sp³-hybridized carbons (Fsp3) is 0. The van der Waals surface area contributed by atoms with Gasteiger partial charge in [-0.05, 0) is 190 Å². The predicted molar refractivity (Wildman–Crippen MR) is 344 cm³/mol. The van der Waals surface area contributed by atoms with Gasteiger partial charge < -0.3 is 28.8 Å². The second-order valence-corrected chi connectivity index (χ2v) is 27.0. The quantitative estimate of drug-likeness (QED) is 0.0317. The Bertz CT molecular complexity index is 5500. The van der Waals surface area contributed by atoms with Gasteiger partial charge in [-0.15, -0.1) is 0 Å². The van der Waals surface area contributed by atoms with Crippen molar-refractivity contribution in [1.29, 1.82) is 0 Å². The fourth-order valence-corrected chi connectivity index (χ4v) is 12.1. The normalized spacial score (nSPS) is 13.3. The fourth-order valence-electron chi connectivity index (χ4n) is 8.07. The van der Waals surface area contributed by atoms with E-state index in [1.165, 1.54) is 48.5 Å². The van der Waals surface area contributed by atoms with E-state index in [1.54, 1.807) is 0 Å². The van der Waals surface area contributed by atoms with E-state index in [2.05, 4.69) is 140 Å². The zero-order chi connectivity index (χ0) is 71.6. The molecule has 6 aromatic heterocycles. The smallest absolute Gasteiger partial charge is 0.744 e. The van der Waals surface area contributed by atoms with Gasteiger partial charge in [0.1, 0.15) is 40.5 Å². The first-order valence-electron chi connectivity index (χ1n) is 26.2. The molecule has 0 saturated heterocycles. The summed E-state index contributed by atoms with van der Waals surface area (Å²) in [6, 6.07) is 18.7. The average molecular weight is 1690 g/mol. The Morgan fingerprint density at radius 2 is 0.519 bits per heavy atom. The second kappa shape index (κ2) is 35.9. The van der Waals surface area contributed by atoms with Crippen LogP contribution in [-0.4, -0.2) is 142 Å². The van der Waals surface area contributed by atoms with Crippen LogP contribution < -0.4 is 174 Å². The summed E-state index contributed by atoms with van der Waals surface area (Å²) in [6.07, 6.45) is 0. The number of aromatic nitrogens is 18. The van der Waals surface area contributed by atoms with Gasteiger partial charge in [-0.25, -0.2) is 73.6 Å². The van der Waals surface area contributed by atoms with E-state index < -0.39 is 82.8 Å². The SMILES string of the molecule is O=S(=O)([O-])c1cc(N=c2nc(Nc3ccc(Nc4nc(=Nc5ccc(N=c6nc(Cl)nc(Cl)[nH]6)c(S(=O)(=O)[O-])c5)[nH]c(=Nc5ccc(N=c6nc(Cl)nc(Cl)[nH]6)c(S(=O)(=O)[O-])c5)[nH]4)cc3)[nH]c(=Nc3ccc(N=c4nc(Cl)nc(Cl)[nH]4)c(S(=O)(=O)[O-])c3)[nH]2)ccc1N=c1nc(Cl)nc(Cl)[nH]1.[Na+].[Na+].[Na+].[Na+]. The molecule has 0 bridgehead atoms. The van der Waals surface area contributed by atoms with Gasteiger partial charge in [0.15, 0.2) is 0 Å². The molecule has 5 aromatic carbocycles. The van der Waals surface area contributed by atoms with Gasteiger partial charge in [0.25, 0.3) is 0 Å². The first-order valence-corrected chi connectivity index (χ1v) is 34.8. The molecule has 11 aromatic rings. The molecule has 0 unspecified atom stereocenters. The maximum absolute atomic E-state index is 12.7. The molecule has 56 heteroatoms. The van der Waals surface area contributed by atoms with Crippen LogP contribution in [0.1, 0.15) is 0 Å². The van der Waals surface area contributed by atoms with Crippen LogP contribution >= 0.6 is 92.8 Å². The Kier molecular flexibility index (Phi) is 29.5. The van der Waals surface area contributed by atoms with Gasteiger partial charge >= 0.3 is 118 Å². The van der Waals surface area contributed by atoms with E-state index in [1.807, 2.05) is 0 Å². The third-order valence-corrected chi connectivity index (χ3v) is 16.8. The van der Waals surface area contributed by atoms with Gasteiger partial charge in [0.05, 0.1) is 65.1 Å². The monoisotopic (exact) mass is 1690 g/mol. The Morgan fingerprint density at radius 3 is 0.750 bits per heavy atom. The molecular formula is C48H26Cl8N28Na4O12S4. The summed E-state index contributed by atoms with van der Waals surface area (Å²) >= 11 is 47.3. The van der Waals surface area contributed by atoms with Crippen molar-refractivity contribution in [3.8, 4) is 0 Å². The standard InChI is InChI=1S/C48H30Cl8N28O12S4.4Na/c49-31-67-32(50)72-45(71-31)63-23-9-5-19(13-27(23)97(85,86)87)59-41-79-39(80-42(83-41)60-20-6-10-24(28(14-20)98(88,89)90)64-46-73-33(51)68-34(52)74-46)57-17-1-2-18(4-3-17)58-40-81-43(61-21-7-11-25(29(15-21)99(91,92)93)65-47-75-35(53)69-36(54)76-47)84-44(82-40)62-22-8-12-26(30(16-22)100(94,95)96)66-48-77-37(55)70-38(56)78-48;;;;/h1-16H,(H,85,86,87)(H,88,89,90)(H,91,92,93)(H,94,95,96)(H,63,67,71,72)(H,64,68,73,74)(H,65,69,75,76)(H,66,70,77,78)(H3,57,59,60,79,80,83)(H3,58,61,62,81,82,84);;;;/q;4*+1/p-4. The van der Waals surface area contributed by atoms with E-state index in [-0.39, 0.29) is 251 Å². The summed E-state index contributed by atoms with van der Waals surface area (Å²) in [4.78, 5) is 89.9. The number of hydrogen-bond donors (Lipinski definition) is 10. The molecule has 0 atom stereocenters. The molecule has 0 aliphatic rings. The van der Waals surface area contributed by atoms with Crippen molar-refractivity contribution < 1.29 is 170 Å². The predicted octanol–water partition coefficient (Wildman–Crippen LogP) is -7.53. The third kappa shape index (κ3) is 23.6. The van der Waals surface area contributed by atoms with Crippen molar-refractivity contribution >= 4 is 202 Å². The molecule has 0 aliphatic carbocycles. The summed E-state index contributed by atoms with van der Waals surface area (Å²) in [6.45, 7) is 0. The van der Waals surface area contributed by atoms with Crippen LogP contribution in [0, 0.1) is 0 Å². The van der Waals surface area contributed by atoms with Crippen LogP contribution in [0.25, 0.3) is 0 Å². The molecule has 104 heavy (non-hydrogen) atoms. The number of nitrogens with one attached hydrogen (secondary N) is 10. The van der Waals surface area contributed by atoms with E-state index >= 15 is 0 Å². The second-order valence-electron chi connectivity index (χ2n) is 18.8. The zero-order valence-corrected chi connectivity index (χ0v) is 69.2. The number of H-pyrrole nitrogens is 8. The number of benzene rings is 5. The summed E-state index contributed by atoms with van der Waals surface area (Å²) < 4.78 is 152. The molecule has 0 aliphatic heterocycles. The minimum Gasteiger partial charge on any atom is -0.744 e. The summed E-state index contributed by atoms with van der Waals surface area (Å²) in [5, 5.41) is 3.39. The first-order chi connectivity index (χ1) is 47.1. The Balaban J connectivity index is 0.00000378. The van der Waals surface area contributed by atoms with Crippen LogP contribution in [0.4, 0.5) is 68.8 Å². The van der Waals surface area contributed by atoms with Gasteiger partial charge in [0.2, 0.25) is 99.1 Å². The van der Waals surface area contributed by atoms with Crippen molar-refractivity contribution in [2.45, 2.75) is 19.6 Å². The molecule has 0 saturated carbocycles. The molecule has 0 spiro atoms. The Hall–Kier alpha value is -5.88. The van der Waals surface area contributed by atoms with E-state index in [9.17, 15) is 51.9 Å². The van der Waals surface area contributed by atoms with Crippen molar-refractivity contribution in [2.75, 3.05) is 10.6 Å². The number of rotatable bonds is 16. The van der Waals surface area contributed by atoms with Crippen LogP contribution in [-0.2, 0) is 40.5 Å². The largest absolute Gasteiger partial charge is 1.00 e. The minimum atomic E-state index is -5.32.